The number of hydrogen-bond acceptors (Lipinski definition) is 7. The zero-order valence-corrected chi connectivity index (χ0v) is 17.7. The molecule has 0 amide bonds. The monoisotopic (exact) mass is 450 g/mol. The Morgan fingerprint density at radius 2 is 1.93 bits per heavy atom. The molecule has 0 atom stereocenters. The largest absolute Gasteiger partial charge is 0.490 e. The van der Waals surface area contributed by atoms with Crippen molar-refractivity contribution in [2.24, 2.45) is 0 Å². The van der Waals surface area contributed by atoms with Crippen molar-refractivity contribution in [1.29, 1.82) is 5.26 Å². The van der Waals surface area contributed by atoms with Crippen LogP contribution >= 0.6 is 11.6 Å². The van der Waals surface area contributed by atoms with Crippen LogP contribution in [0.4, 0.5) is 0 Å². The summed E-state index contributed by atoms with van der Waals surface area (Å²) < 4.78 is 43.0. The summed E-state index contributed by atoms with van der Waals surface area (Å²) in [5.74, 6) is -0.527. The lowest BCUT2D eigenvalue weighted by Gasteiger charge is -2.26. The number of halogens is 1. The topological polar surface area (TPSA) is 106 Å². The van der Waals surface area contributed by atoms with Crippen molar-refractivity contribution in [3.8, 4) is 17.6 Å². The third-order valence-corrected chi connectivity index (χ3v) is 6.57. The van der Waals surface area contributed by atoms with E-state index in [1.807, 2.05) is 6.07 Å². The summed E-state index contributed by atoms with van der Waals surface area (Å²) in [4.78, 5) is 12.7. The Kier molecular flexibility index (Phi) is 6.95. The SMILES string of the molecule is CCOc1cc(C#N)ccc1OC(=O)c1cc(S(=O)(=O)N2CCOCC2)ccc1Cl. The minimum atomic E-state index is -3.81. The second kappa shape index (κ2) is 9.45. The first-order valence-electron chi connectivity index (χ1n) is 9.13. The van der Waals surface area contributed by atoms with Gasteiger partial charge in [0.25, 0.3) is 0 Å². The third kappa shape index (κ3) is 4.74. The molecule has 0 N–H and O–H groups in total. The van der Waals surface area contributed by atoms with Crippen molar-refractivity contribution in [2.75, 3.05) is 32.9 Å². The fourth-order valence-corrected chi connectivity index (χ4v) is 4.47. The molecule has 0 bridgehead atoms. The van der Waals surface area contributed by atoms with Gasteiger partial charge in [0.15, 0.2) is 11.5 Å². The highest BCUT2D eigenvalue weighted by Crippen LogP contribution is 2.31. The van der Waals surface area contributed by atoms with Crippen molar-refractivity contribution in [2.45, 2.75) is 11.8 Å². The predicted octanol–water partition coefficient (Wildman–Crippen LogP) is 2.85. The number of carbonyl (C=O) groups is 1. The van der Waals surface area contributed by atoms with Gasteiger partial charge in [0.1, 0.15) is 0 Å². The highest BCUT2D eigenvalue weighted by atomic mass is 35.5. The summed E-state index contributed by atoms with van der Waals surface area (Å²) >= 11 is 6.14. The van der Waals surface area contributed by atoms with Crippen LogP contribution in [0.3, 0.4) is 0 Å². The number of rotatable bonds is 6. The summed E-state index contributed by atoms with van der Waals surface area (Å²) in [6.07, 6.45) is 0. The van der Waals surface area contributed by atoms with Crippen molar-refractivity contribution in [3.63, 3.8) is 0 Å². The van der Waals surface area contributed by atoms with Crippen LogP contribution in [0, 0.1) is 11.3 Å². The molecule has 158 valence electrons. The number of morpholine rings is 1. The van der Waals surface area contributed by atoms with E-state index in [1.165, 1.54) is 40.7 Å². The Labute approximate surface area is 179 Å². The van der Waals surface area contributed by atoms with Gasteiger partial charge in [0.2, 0.25) is 10.0 Å². The van der Waals surface area contributed by atoms with Gasteiger partial charge in [-0.1, -0.05) is 11.6 Å². The Morgan fingerprint density at radius 3 is 2.60 bits per heavy atom. The third-order valence-electron chi connectivity index (χ3n) is 4.34. The zero-order valence-electron chi connectivity index (χ0n) is 16.1. The van der Waals surface area contributed by atoms with Crippen molar-refractivity contribution >= 4 is 27.6 Å². The maximum Gasteiger partial charge on any atom is 0.345 e. The molecule has 1 fully saturated rings. The standard InChI is InChI=1S/C20H19ClN2O6S/c1-2-28-19-11-14(13-22)3-6-18(19)29-20(24)16-12-15(4-5-17(16)21)30(25,26)23-7-9-27-10-8-23/h3-6,11-12H,2,7-10H2,1H3. The van der Waals surface area contributed by atoms with E-state index in [0.717, 1.165) is 0 Å². The van der Waals surface area contributed by atoms with E-state index in [4.69, 9.17) is 31.1 Å². The molecule has 1 aliphatic rings. The second-order valence-electron chi connectivity index (χ2n) is 6.25. The van der Waals surface area contributed by atoms with Gasteiger partial charge in [-0.2, -0.15) is 9.57 Å². The number of benzene rings is 2. The molecule has 2 aromatic rings. The van der Waals surface area contributed by atoms with Crippen molar-refractivity contribution < 1.29 is 27.4 Å². The lowest BCUT2D eigenvalue weighted by molar-refractivity contribution is 0.0724. The van der Waals surface area contributed by atoms with E-state index in [9.17, 15) is 13.2 Å². The highest BCUT2D eigenvalue weighted by Gasteiger charge is 2.28. The molecule has 0 spiro atoms. The van der Waals surface area contributed by atoms with Crippen LogP contribution in [-0.2, 0) is 14.8 Å². The first-order chi connectivity index (χ1) is 14.4. The van der Waals surface area contributed by atoms with E-state index >= 15 is 0 Å². The van der Waals surface area contributed by atoms with E-state index < -0.39 is 16.0 Å². The number of esters is 1. The second-order valence-corrected chi connectivity index (χ2v) is 8.60. The van der Waals surface area contributed by atoms with E-state index in [2.05, 4.69) is 0 Å². The Bertz CT molecular complexity index is 1090. The molecule has 0 unspecified atom stereocenters. The average molecular weight is 451 g/mol. The number of ether oxygens (including phenoxy) is 3. The maximum atomic E-state index is 12.9. The minimum Gasteiger partial charge on any atom is -0.490 e. The van der Waals surface area contributed by atoms with Crippen LogP contribution in [0.1, 0.15) is 22.8 Å². The number of carbonyl (C=O) groups excluding carboxylic acids is 1. The first kappa shape index (κ1) is 22.1. The Hall–Kier alpha value is -2.64. The number of nitrogens with zero attached hydrogens (tertiary/aromatic N) is 2. The van der Waals surface area contributed by atoms with Gasteiger partial charge in [0.05, 0.1) is 46.9 Å². The number of nitriles is 1. The molecule has 10 heteroatoms. The average Bonchev–Trinajstić information content (AvgIpc) is 2.75. The summed E-state index contributed by atoms with van der Waals surface area (Å²) in [7, 11) is -3.81. The summed E-state index contributed by atoms with van der Waals surface area (Å²) in [6.45, 7) is 3.12. The molecule has 1 saturated heterocycles. The van der Waals surface area contributed by atoms with Gasteiger partial charge in [-0.15, -0.1) is 0 Å². The van der Waals surface area contributed by atoms with Crippen LogP contribution in [0.15, 0.2) is 41.3 Å². The Balaban J connectivity index is 1.90. The van der Waals surface area contributed by atoms with Crippen molar-refractivity contribution in [3.05, 3.63) is 52.5 Å². The molecule has 0 radical (unpaired) electrons. The van der Waals surface area contributed by atoms with Crippen molar-refractivity contribution in [1.82, 2.24) is 4.31 Å². The minimum absolute atomic E-state index is 0.0486. The van der Waals surface area contributed by atoms with Gasteiger partial charge >= 0.3 is 5.97 Å². The first-order valence-corrected chi connectivity index (χ1v) is 10.9. The van der Waals surface area contributed by atoms with E-state index in [1.54, 1.807) is 6.92 Å². The van der Waals surface area contributed by atoms with Gasteiger partial charge in [0, 0.05) is 19.2 Å². The van der Waals surface area contributed by atoms with Crippen LogP contribution in [0.2, 0.25) is 5.02 Å². The molecule has 30 heavy (non-hydrogen) atoms. The van der Waals surface area contributed by atoms with Crippen LogP contribution in [0.5, 0.6) is 11.5 Å². The highest BCUT2D eigenvalue weighted by molar-refractivity contribution is 7.89. The van der Waals surface area contributed by atoms with Crippen LogP contribution in [-0.4, -0.2) is 51.6 Å². The number of sulfonamides is 1. The lowest BCUT2D eigenvalue weighted by atomic mass is 10.2. The Morgan fingerprint density at radius 1 is 1.20 bits per heavy atom. The van der Waals surface area contributed by atoms with Gasteiger partial charge < -0.3 is 14.2 Å². The van der Waals surface area contributed by atoms with Gasteiger partial charge in [-0.25, -0.2) is 13.2 Å². The number of hydrogen-bond donors (Lipinski definition) is 0. The van der Waals surface area contributed by atoms with Crippen LogP contribution in [0.25, 0.3) is 0 Å². The maximum absolute atomic E-state index is 12.9. The molecule has 0 aliphatic carbocycles. The van der Waals surface area contributed by atoms with Gasteiger partial charge in [-0.3, -0.25) is 0 Å². The van der Waals surface area contributed by atoms with E-state index in [0.29, 0.717) is 25.4 Å². The van der Waals surface area contributed by atoms with Crippen LogP contribution < -0.4 is 9.47 Å². The molecule has 1 heterocycles. The zero-order chi connectivity index (χ0) is 21.7. The molecular formula is C20H19ClN2O6S. The fourth-order valence-electron chi connectivity index (χ4n) is 2.84. The molecule has 8 nitrogen and oxygen atoms in total. The summed E-state index contributed by atoms with van der Waals surface area (Å²) in [5, 5.41) is 9.08. The quantitative estimate of drug-likeness (QED) is 0.492. The molecule has 1 aliphatic heterocycles. The normalized spacial score (nSPS) is 14.7. The predicted molar refractivity (Wildman–Crippen MR) is 108 cm³/mol. The molecular weight excluding hydrogens is 432 g/mol. The van der Waals surface area contributed by atoms with E-state index in [-0.39, 0.29) is 40.1 Å². The molecule has 0 saturated carbocycles. The summed E-state index contributed by atoms with van der Waals surface area (Å²) in [5.41, 5.74) is 0.243. The molecule has 0 aromatic heterocycles. The molecule has 2 aromatic carbocycles. The van der Waals surface area contributed by atoms with Gasteiger partial charge in [-0.05, 0) is 37.3 Å². The smallest absolute Gasteiger partial charge is 0.345 e. The molecule has 3 rings (SSSR count). The lowest BCUT2D eigenvalue weighted by Crippen LogP contribution is -2.40. The summed E-state index contributed by atoms with van der Waals surface area (Å²) in [6, 6.07) is 10.2. The fraction of sp³-hybridized carbons (Fsp3) is 0.300.